The van der Waals surface area contributed by atoms with Gasteiger partial charge >= 0.3 is 0 Å². The average Bonchev–Trinajstić information content (AvgIpc) is 2.48. The monoisotopic (exact) mass is 354 g/mol. The van der Waals surface area contributed by atoms with Crippen molar-refractivity contribution >= 4 is 15.9 Å². The Kier molecular flexibility index (Phi) is 5.20. The molecule has 0 fully saturated rings. The highest BCUT2D eigenvalue weighted by molar-refractivity contribution is 9.10. The molecule has 0 aliphatic carbocycles. The molecule has 5 heteroatoms. The van der Waals surface area contributed by atoms with Gasteiger partial charge in [0.15, 0.2) is 11.6 Å². The number of methoxy groups -OCH3 is 2. The van der Waals surface area contributed by atoms with Crippen molar-refractivity contribution in [2.75, 3.05) is 14.2 Å². The third-order valence-corrected chi connectivity index (χ3v) is 3.93. The summed E-state index contributed by atoms with van der Waals surface area (Å²) >= 11 is 3.40. The summed E-state index contributed by atoms with van der Waals surface area (Å²) in [7, 11) is 2.98. The van der Waals surface area contributed by atoms with E-state index in [4.69, 9.17) is 9.47 Å². The van der Waals surface area contributed by atoms with Gasteiger partial charge in [-0.05, 0) is 41.5 Å². The molecule has 1 atom stereocenters. The number of ether oxygens (including phenoxy) is 2. The van der Waals surface area contributed by atoms with Gasteiger partial charge in [0.1, 0.15) is 5.75 Å². The van der Waals surface area contributed by atoms with Gasteiger partial charge in [-0.15, -0.1) is 0 Å². The molecule has 0 spiro atoms. The fraction of sp³-hybridized carbons (Fsp3) is 0.250. The first-order chi connectivity index (χ1) is 10.0. The lowest BCUT2D eigenvalue weighted by Gasteiger charge is -2.15. The zero-order valence-corrected chi connectivity index (χ0v) is 13.4. The standard InChI is InChI=1S/C16H16BrFO3/c1-20-11-4-5-13(17)12(9-11)15(19)8-10-3-6-16(21-2)14(18)7-10/h3-7,9,15,19H,8H2,1-2H3. The van der Waals surface area contributed by atoms with Crippen molar-refractivity contribution in [3.05, 3.63) is 57.8 Å². The zero-order chi connectivity index (χ0) is 15.4. The molecule has 0 aliphatic rings. The minimum Gasteiger partial charge on any atom is -0.497 e. The fourth-order valence-corrected chi connectivity index (χ4v) is 2.59. The maximum atomic E-state index is 13.7. The van der Waals surface area contributed by atoms with Gasteiger partial charge in [-0.1, -0.05) is 22.0 Å². The number of aliphatic hydroxyl groups excluding tert-OH is 1. The predicted octanol–water partition coefficient (Wildman–Crippen LogP) is 3.88. The third-order valence-electron chi connectivity index (χ3n) is 3.21. The number of rotatable bonds is 5. The van der Waals surface area contributed by atoms with Crippen molar-refractivity contribution in [2.45, 2.75) is 12.5 Å². The predicted molar refractivity (Wildman–Crippen MR) is 82.3 cm³/mol. The van der Waals surface area contributed by atoms with Crippen LogP contribution in [-0.4, -0.2) is 19.3 Å². The van der Waals surface area contributed by atoms with Crippen LogP contribution in [0.5, 0.6) is 11.5 Å². The van der Waals surface area contributed by atoms with E-state index >= 15 is 0 Å². The summed E-state index contributed by atoms with van der Waals surface area (Å²) in [5.74, 6) is 0.413. The third kappa shape index (κ3) is 3.74. The second kappa shape index (κ2) is 6.91. The normalized spacial score (nSPS) is 12.0. The van der Waals surface area contributed by atoms with Crippen LogP contribution in [0.2, 0.25) is 0 Å². The number of hydrogen-bond donors (Lipinski definition) is 1. The van der Waals surface area contributed by atoms with Gasteiger partial charge in [0.05, 0.1) is 20.3 Å². The molecule has 3 nitrogen and oxygen atoms in total. The smallest absolute Gasteiger partial charge is 0.165 e. The van der Waals surface area contributed by atoms with Crippen molar-refractivity contribution in [2.24, 2.45) is 0 Å². The molecule has 0 aliphatic heterocycles. The SMILES string of the molecule is COc1ccc(Br)c(C(O)Cc2ccc(OC)c(F)c2)c1. The van der Waals surface area contributed by atoms with Crippen molar-refractivity contribution < 1.29 is 19.0 Å². The van der Waals surface area contributed by atoms with E-state index in [1.165, 1.54) is 13.2 Å². The topological polar surface area (TPSA) is 38.7 Å². The van der Waals surface area contributed by atoms with Gasteiger partial charge in [0.25, 0.3) is 0 Å². The zero-order valence-electron chi connectivity index (χ0n) is 11.8. The van der Waals surface area contributed by atoms with Gasteiger partial charge < -0.3 is 14.6 Å². The number of benzene rings is 2. The van der Waals surface area contributed by atoms with Crippen LogP contribution in [0.25, 0.3) is 0 Å². The maximum Gasteiger partial charge on any atom is 0.165 e. The highest BCUT2D eigenvalue weighted by Gasteiger charge is 2.14. The minimum absolute atomic E-state index is 0.191. The number of halogens is 2. The molecule has 112 valence electrons. The Balaban J connectivity index is 2.21. The molecule has 0 heterocycles. The van der Waals surface area contributed by atoms with E-state index in [9.17, 15) is 9.50 Å². The molecule has 1 N–H and O–H groups in total. The fourth-order valence-electron chi connectivity index (χ4n) is 2.07. The lowest BCUT2D eigenvalue weighted by atomic mass is 10.0. The van der Waals surface area contributed by atoms with E-state index in [2.05, 4.69) is 15.9 Å². The number of hydrogen-bond acceptors (Lipinski definition) is 3. The Hall–Kier alpha value is -1.59. The van der Waals surface area contributed by atoms with E-state index < -0.39 is 11.9 Å². The molecule has 2 aromatic carbocycles. The highest BCUT2D eigenvalue weighted by atomic mass is 79.9. The molecule has 2 rings (SSSR count). The van der Waals surface area contributed by atoms with Crippen LogP contribution in [0.1, 0.15) is 17.2 Å². The molecule has 1 unspecified atom stereocenters. The maximum absolute atomic E-state index is 13.7. The summed E-state index contributed by atoms with van der Waals surface area (Å²) in [4.78, 5) is 0. The second-order valence-corrected chi connectivity index (χ2v) is 5.43. The van der Waals surface area contributed by atoms with Crippen molar-refractivity contribution in [3.63, 3.8) is 0 Å². The quantitative estimate of drug-likeness (QED) is 0.885. The molecule has 0 saturated heterocycles. The molecule has 0 saturated carbocycles. The Morgan fingerprint density at radius 3 is 2.52 bits per heavy atom. The first-order valence-corrected chi connectivity index (χ1v) is 7.18. The van der Waals surface area contributed by atoms with E-state index in [0.717, 1.165) is 4.47 Å². The van der Waals surface area contributed by atoms with Crippen molar-refractivity contribution in [1.82, 2.24) is 0 Å². The summed E-state index contributed by atoms with van der Waals surface area (Å²) in [6.45, 7) is 0. The van der Waals surface area contributed by atoms with Crippen LogP contribution in [0.3, 0.4) is 0 Å². The Morgan fingerprint density at radius 1 is 1.14 bits per heavy atom. The largest absolute Gasteiger partial charge is 0.497 e. The minimum atomic E-state index is -0.762. The van der Waals surface area contributed by atoms with Crippen molar-refractivity contribution in [1.29, 1.82) is 0 Å². The van der Waals surface area contributed by atoms with Crippen LogP contribution in [-0.2, 0) is 6.42 Å². The van der Waals surface area contributed by atoms with Gasteiger partial charge in [-0.2, -0.15) is 0 Å². The lowest BCUT2D eigenvalue weighted by Crippen LogP contribution is -2.04. The first kappa shape index (κ1) is 15.8. The highest BCUT2D eigenvalue weighted by Crippen LogP contribution is 2.30. The van der Waals surface area contributed by atoms with Crippen LogP contribution in [0, 0.1) is 5.82 Å². The first-order valence-electron chi connectivity index (χ1n) is 6.39. The van der Waals surface area contributed by atoms with Crippen LogP contribution in [0.4, 0.5) is 4.39 Å². The van der Waals surface area contributed by atoms with E-state index in [-0.39, 0.29) is 5.75 Å². The Bertz CT molecular complexity index is 631. The number of aliphatic hydroxyl groups is 1. The summed E-state index contributed by atoms with van der Waals surface area (Å²) in [6.07, 6.45) is -0.463. The molecule has 2 aromatic rings. The van der Waals surface area contributed by atoms with Crippen LogP contribution >= 0.6 is 15.9 Å². The van der Waals surface area contributed by atoms with E-state index in [0.29, 0.717) is 23.3 Å². The van der Waals surface area contributed by atoms with Gasteiger partial charge in [0.2, 0.25) is 0 Å². The van der Waals surface area contributed by atoms with Gasteiger partial charge in [-0.3, -0.25) is 0 Å². The van der Waals surface area contributed by atoms with E-state index in [1.807, 2.05) is 6.07 Å². The summed E-state index contributed by atoms with van der Waals surface area (Å²) < 4.78 is 24.5. The molecule has 0 radical (unpaired) electrons. The summed E-state index contributed by atoms with van der Waals surface area (Å²) in [6, 6.07) is 10.0. The molecular formula is C16H16BrFO3. The Morgan fingerprint density at radius 2 is 1.90 bits per heavy atom. The Labute approximate surface area is 131 Å². The molecule has 0 amide bonds. The molecular weight excluding hydrogens is 339 g/mol. The average molecular weight is 355 g/mol. The summed E-state index contributed by atoms with van der Waals surface area (Å²) in [5.41, 5.74) is 1.39. The van der Waals surface area contributed by atoms with Crippen LogP contribution in [0.15, 0.2) is 40.9 Å². The summed E-state index contributed by atoms with van der Waals surface area (Å²) in [5, 5.41) is 10.4. The molecule has 21 heavy (non-hydrogen) atoms. The second-order valence-electron chi connectivity index (χ2n) is 4.58. The van der Waals surface area contributed by atoms with E-state index in [1.54, 1.807) is 31.4 Å². The van der Waals surface area contributed by atoms with Crippen molar-refractivity contribution in [3.8, 4) is 11.5 Å². The van der Waals surface area contributed by atoms with Crippen LogP contribution < -0.4 is 9.47 Å². The lowest BCUT2D eigenvalue weighted by molar-refractivity contribution is 0.177. The van der Waals surface area contributed by atoms with Gasteiger partial charge in [-0.25, -0.2) is 4.39 Å². The molecule has 0 bridgehead atoms. The van der Waals surface area contributed by atoms with Gasteiger partial charge in [0, 0.05) is 10.9 Å². The molecule has 0 aromatic heterocycles.